The van der Waals surface area contributed by atoms with E-state index in [1.54, 1.807) is 4.90 Å². The van der Waals surface area contributed by atoms with Crippen LogP contribution in [0.15, 0.2) is 12.1 Å². The van der Waals surface area contributed by atoms with Gasteiger partial charge in [0.1, 0.15) is 17.6 Å². The molecule has 21 heavy (non-hydrogen) atoms. The Bertz CT molecular complexity index is 562. The van der Waals surface area contributed by atoms with Crippen molar-refractivity contribution in [2.45, 2.75) is 19.1 Å². The molecule has 0 N–H and O–H groups in total. The second-order valence-electron chi connectivity index (χ2n) is 5.59. The predicted octanol–water partition coefficient (Wildman–Crippen LogP) is 2.36. The van der Waals surface area contributed by atoms with Gasteiger partial charge in [0.25, 0.3) is 0 Å². The van der Waals surface area contributed by atoms with Crippen molar-refractivity contribution in [2.24, 2.45) is 5.92 Å². The van der Waals surface area contributed by atoms with Crippen LogP contribution in [0.5, 0.6) is 0 Å². The Morgan fingerprint density at radius 1 is 1.33 bits per heavy atom. The smallest absolute Gasteiger partial charge is 0.354 e. The Morgan fingerprint density at radius 2 is 2.00 bits per heavy atom. The molecule has 1 aromatic rings. The molecule has 2 unspecified atom stereocenters. The normalized spacial score (nSPS) is 22.7. The third-order valence-corrected chi connectivity index (χ3v) is 3.82. The van der Waals surface area contributed by atoms with Crippen LogP contribution in [0.3, 0.4) is 0 Å². The van der Waals surface area contributed by atoms with Gasteiger partial charge >= 0.3 is 6.18 Å². The second-order valence-corrected chi connectivity index (χ2v) is 5.59. The Hall–Kier alpha value is -1.81. The number of rotatable bonds is 2. The average Bonchev–Trinajstić information content (AvgIpc) is 2.79. The highest BCUT2D eigenvalue weighted by Crippen LogP contribution is 2.32. The van der Waals surface area contributed by atoms with E-state index in [1.165, 1.54) is 6.07 Å². The summed E-state index contributed by atoms with van der Waals surface area (Å²) in [6, 6.07) is 4.20. The van der Waals surface area contributed by atoms with E-state index in [2.05, 4.69) is 4.98 Å². The minimum atomic E-state index is -4.50. The largest absolute Gasteiger partial charge is 0.433 e. The van der Waals surface area contributed by atoms with E-state index >= 15 is 0 Å². The van der Waals surface area contributed by atoms with E-state index in [-0.39, 0.29) is 17.4 Å². The molecule has 1 saturated heterocycles. The monoisotopic (exact) mass is 298 g/mol. The average molecular weight is 298 g/mol. The molecule has 0 aliphatic carbocycles. The van der Waals surface area contributed by atoms with E-state index in [1.807, 2.05) is 32.0 Å². The van der Waals surface area contributed by atoms with Crippen molar-refractivity contribution in [2.75, 3.05) is 32.1 Å². The molecule has 1 aliphatic heterocycles. The summed E-state index contributed by atoms with van der Waals surface area (Å²) in [6.07, 6.45) is -4.50. The molecule has 0 bridgehead atoms. The van der Waals surface area contributed by atoms with Crippen LogP contribution in [-0.2, 0) is 6.18 Å². The van der Waals surface area contributed by atoms with Crippen molar-refractivity contribution < 1.29 is 13.2 Å². The van der Waals surface area contributed by atoms with Gasteiger partial charge in [-0.2, -0.15) is 18.4 Å². The summed E-state index contributed by atoms with van der Waals surface area (Å²) in [5.74, 6) is 0.423. The molecule has 2 atom stereocenters. The molecular formula is C14H17F3N4. The highest BCUT2D eigenvalue weighted by molar-refractivity contribution is 5.55. The highest BCUT2D eigenvalue weighted by Gasteiger charge is 2.36. The fourth-order valence-electron chi connectivity index (χ4n) is 2.73. The molecule has 0 aromatic carbocycles. The molecular weight excluding hydrogens is 281 g/mol. The molecule has 2 heterocycles. The van der Waals surface area contributed by atoms with Crippen LogP contribution in [-0.4, -0.2) is 43.1 Å². The quantitative estimate of drug-likeness (QED) is 0.840. The lowest BCUT2D eigenvalue weighted by atomic mass is 10.1. The lowest BCUT2D eigenvalue weighted by Crippen LogP contribution is -2.34. The molecule has 1 aromatic heterocycles. The Labute approximate surface area is 121 Å². The molecule has 1 aliphatic rings. The molecule has 7 heteroatoms. The molecule has 4 nitrogen and oxygen atoms in total. The van der Waals surface area contributed by atoms with Gasteiger partial charge in [-0.05, 0) is 32.1 Å². The lowest BCUT2D eigenvalue weighted by Gasteiger charge is -2.23. The van der Waals surface area contributed by atoms with E-state index < -0.39 is 11.9 Å². The van der Waals surface area contributed by atoms with Crippen LogP contribution in [0, 0.1) is 17.2 Å². The Morgan fingerprint density at radius 3 is 2.48 bits per heavy atom. The van der Waals surface area contributed by atoms with Gasteiger partial charge in [-0.25, -0.2) is 4.98 Å². The van der Waals surface area contributed by atoms with Crippen LogP contribution in [0.25, 0.3) is 0 Å². The molecule has 0 spiro atoms. The molecule has 0 amide bonds. The predicted molar refractivity (Wildman–Crippen MR) is 72.8 cm³/mol. The van der Waals surface area contributed by atoms with E-state index in [0.29, 0.717) is 19.0 Å². The van der Waals surface area contributed by atoms with Crippen LogP contribution in [0.2, 0.25) is 0 Å². The van der Waals surface area contributed by atoms with Crippen LogP contribution >= 0.6 is 0 Å². The van der Waals surface area contributed by atoms with Gasteiger partial charge in [-0.1, -0.05) is 6.92 Å². The second kappa shape index (κ2) is 5.53. The summed E-state index contributed by atoms with van der Waals surface area (Å²) in [5, 5.41) is 9.11. The number of nitriles is 1. The van der Waals surface area contributed by atoms with E-state index in [0.717, 1.165) is 6.07 Å². The number of hydrogen-bond donors (Lipinski definition) is 0. The van der Waals surface area contributed by atoms with Crippen LogP contribution in [0.4, 0.5) is 19.0 Å². The van der Waals surface area contributed by atoms with Crippen LogP contribution in [0.1, 0.15) is 18.2 Å². The third-order valence-electron chi connectivity index (χ3n) is 3.82. The SMILES string of the molecule is CC1CN(c2nc(C(F)(F)F)ccc2C#N)CC1N(C)C. The van der Waals surface area contributed by atoms with E-state index in [9.17, 15) is 13.2 Å². The molecule has 114 valence electrons. The maximum absolute atomic E-state index is 12.8. The van der Waals surface area contributed by atoms with Gasteiger partial charge < -0.3 is 9.80 Å². The van der Waals surface area contributed by atoms with Crippen molar-refractivity contribution in [1.29, 1.82) is 5.26 Å². The fourth-order valence-corrected chi connectivity index (χ4v) is 2.73. The van der Waals surface area contributed by atoms with Gasteiger partial charge in [0.2, 0.25) is 0 Å². The first-order valence-corrected chi connectivity index (χ1v) is 6.63. The molecule has 0 saturated carbocycles. The Balaban J connectivity index is 2.37. The summed E-state index contributed by atoms with van der Waals surface area (Å²) < 4.78 is 38.4. The maximum atomic E-state index is 12.8. The number of aromatic nitrogens is 1. The summed E-state index contributed by atoms with van der Waals surface area (Å²) in [5.41, 5.74) is -0.785. The number of likely N-dealkylation sites (N-methyl/N-ethyl adjacent to an activating group) is 1. The number of alkyl halides is 3. The van der Waals surface area contributed by atoms with Gasteiger partial charge in [0, 0.05) is 19.1 Å². The van der Waals surface area contributed by atoms with Crippen LogP contribution < -0.4 is 4.90 Å². The molecule has 1 fully saturated rings. The molecule has 2 rings (SSSR count). The first kappa shape index (κ1) is 15.6. The number of halogens is 3. The summed E-state index contributed by atoms with van der Waals surface area (Å²) in [7, 11) is 3.88. The first-order chi connectivity index (χ1) is 9.74. The van der Waals surface area contributed by atoms with Crippen molar-refractivity contribution in [3.8, 4) is 6.07 Å². The zero-order chi connectivity index (χ0) is 15.8. The highest BCUT2D eigenvalue weighted by atomic mass is 19.4. The van der Waals surface area contributed by atoms with Crippen molar-refractivity contribution in [1.82, 2.24) is 9.88 Å². The lowest BCUT2D eigenvalue weighted by molar-refractivity contribution is -0.141. The summed E-state index contributed by atoms with van der Waals surface area (Å²) >= 11 is 0. The number of pyridine rings is 1. The van der Waals surface area contributed by atoms with E-state index in [4.69, 9.17) is 5.26 Å². The van der Waals surface area contributed by atoms with Gasteiger partial charge in [0.15, 0.2) is 0 Å². The fraction of sp³-hybridized carbons (Fsp3) is 0.571. The zero-order valence-electron chi connectivity index (χ0n) is 12.1. The minimum Gasteiger partial charge on any atom is -0.354 e. The van der Waals surface area contributed by atoms with Crippen molar-refractivity contribution in [3.05, 3.63) is 23.4 Å². The van der Waals surface area contributed by atoms with Crippen molar-refractivity contribution >= 4 is 5.82 Å². The minimum absolute atomic E-state index is 0.128. The zero-order valence-corrected chi connectivity index (χ0v) is 12.1. The summed E-state index contributed by atoms with van der Waals surface area (Å²) in [6.45, 7) is 3.20. The Kier molecular flexibility index (Phi) is 4.10. The molecule has 0 radical (unpaired) electrons. The standard InChI is InChI=1S/C14H17F3N4/c1-9-7-21(8-11(9)20(2)3)13-10(6-18)4-5-12(19-13)14(15,16)17/h4-5,9,11H,7-8H2,1-3H3. The topological polar surface area (TPSA) is 43.2 Å². The number of hydrogen-bond acceptors (Lipinski definition) is 4. The van der Waals surface area contributed by atoms with Gasteiger partial charge in [-0.3, -0.25) is 0 Å². The van der Waals surface area contributed by atoms with Gasteiger partial charge in [0.05, 0.1) is 5.56 Å². The number of anilines is 1. The van der Waals surface area contributed by atoms with Crippen molar-refractivity contribution in [3.63, 3.8) is 0 Å². The maximum Gasteiger partial charge on any atom is 0.433 e. The van der Waals surface area contributed by atoms with Gasteiger partial charge in [-0.15, -0.1) is 0 Å². The first-order valence-electron chi connectivity index (χ1n) is 6.63. The summed E-state index contributed by atoms with van der Waals surface area (Å²) in [4.78, 5) is 7.50. The number of nitrogens with zero attached hydrogens (tertiary/aromatic N) is 4. The third kappa shape index (κ3) is 3.10.